The van der Waals surface area contributed by atoms with Gasteiger partial charge in [0.2, 0.25) is 0 Å². The summed E-state index contributed by atoms with van der Waals surface area (Å²) in [6, 6.07) is 0.595. The summed E-state index contributed by atoms with van der Waals surface area (Å²) >= 11 is 5.10. The zero-order valence-electron chi connectivity index (χ0n) is 8.30. The maximum Gasteiger partial charge on any atom is 0.166 e. The zero-order valence-corrected chi connectivity index (χ0v) is 9.12. The second-order valence-electron chi connectivity index (χ2n) is 3.67. The van der Waals surface area contributed by atoms with Gasteiger partial charge in [-0.1, -0.05) is 6.92 Å². The molecule has 0 aromatic rings. The molecule has 3 nitrogen and oxygen atoms in total. The van der Waals surface area contributed by atoms with Gasteiger partial charge in [0.1, 0.15) is 0 Å². The molecule has 1 aliphatic rings. The Hall–Kier alpha value is -0.350. The van der Waals surface area contributed by atoms with E-state index in [-0.39, 0.29) is 0 Å². The Kier molecular flexibility index (Phi) is 4.45. The molecule has 1 fully saturated rings. The molecule has 0 heterocycles. The molecule has 1 aliphatic carbocycles. The van der Waals surface area contributed by atoms with Crippen LogP contribution in [0, 0.1) is 5.92 Å². The van der Waals surface area contributed by atoms with Gasteiger partial charge in [0.25, 0.3) is 0 Å². The normalized spacial score (nSPS) is 26.3. The van der Waals surface area contributed by atoms with Crippen LogP contribution in [-0.4, -0.2) is 31.4 Å². The van der Waals surface area contributed by atoms with Crippen LogP contribution < -0.4 is 10.6 Å². The van der Waals surface area contributed by atoms with Crippen molar-refractivity contribution >= 4 is 17.3 Å². The van der Waals surface area contributed by atoms with Gasteiger partial charge >= 0.3 is 0 Å². The summed E-state index contributed by atoms with van der Waals surface area (Å²) in [5.41, 5.74) is 0. The molecule has 76 valence electrons. The van der Waals surface area contributed by atoms with Crippen molar-refractivity contribution in [3.63, 3.8) is 0 Å². The molecule has 0 unspecified atom stereocenters. The first-order valence-corrected chi connectivity index (χ1v) is 5.16. The minimum atomic E-state index is 0.595. The van der Waals surface area contributed by atoms with Gasteiger partial charge in [-0.3, -0.25) is 0 Å². The quantitative estimate of drug-likeness (QED) is 0.524. The van der Waals surface area contributed by atoms with Crippen LogP contribution in [0.3, 0.4) is 0 Å². The fraction of sp³-hybridized carbons (Fsp3) is 0.889. The molecule has 4 heteroatoms. The Bertz CT molecular complexity index is 169. The molecule has 1 rings (SSSR count). The van der Waals surface area contributed by atoms with Gasteiger partial charge in [0.15, 0.2) is 5.11 Å². The van der Waals surface area contributed by atoms with Gasteiger partial charge in [0.05, 0.1) is 6.61 Å². The van der Waals surface area contributed by atoms with Crippen LogP contribution in [0.15, 0.2) is 0 Å². The average Bonchev–Trinajstić information content (AvgIpc) is 2.02. The van der Waals surface area contributed by atoms with Crippen LogP contribution in [0.2, 0.25) is 0 Å². The highest BCUT2D eigenvalue weighted by Gasteiger charge is 2.25. The number of hydrogen-bond donors (Lipinski definition) is 2. The number of rotatable bonds is 4. The van der Waals surface area contributed by atoms with Crippen LogP contribution >= 0.6 is 12.2 Å². The van der Waals surface area contributed by atoms with Gasteiger partial charge in [-0.2, -0.15) is 0 Å². The maximum atomic E-state index is 5.10. The summed E-state index contributed by atoms with van der Waals surface area (Å²) in [5, 5.41) is 7.12. The summed E-state index contributed by atoms with van der Waals surface area (Å²) in [4.78, 5) is 0. The monoisotopic (exact) mass is 202 g/mol. The van der Waals surface area contributed by atoms with Gasteiger partial charge in [-0.05, 0) is 31.0 Å². The number of nitrogens with one attached hydrogen (secondary N) is 2. The van der Waals surface area contributed by atoms with Crippen molar-refractivity contribution in [3.8, 4) is 0 Å². The highest BCUT2D eigenvalue weighted by molar-refractivity contribution is 7.80. The highest BCUT2D eigenvalue weighted by atomic mass is 32.1. The van der Waals surface area contributed by atoms with Gasteiger partial charge in [-0.15, -0.1) is 0 Å². The Labute approximate surface area is 85.2 Å². The van der Waals surface area contributed by atoms with Crippen molar-refractivity contribution in [1.29, 1.82) is 0 Å². The topological polar surface area (TPSA) is 33.3 Å². The molecular formula is C9H18N2OS. The molecule has 0 bridgehead atoms. The van der Waals surface area contributed by atoms with E-state index < -0.39 is 0 Å². The standard InChI is InChI=1S/C9H18N2OS/c1-7-5-8(6-7)11-9(13)10-3-4-12-2/h7-8H,3-6H2,1-2H3,(H2,10,11,13). The van der Waals surface area contributed by atoms with E-state index in [1.165, 1.54) is 12.8 Å². The molecule has 0 radical (unpaired) electrons. The van der Waals surface area contributed by atoms with Crippen molar-refractivity contribution in [1.82, 2.24) is 10.6 Å². The van der Waals surface area contributed by atoms with Crippen LogP contribution in [0.25, 0.3) is 0 Å². The Balaban J connectivity index is 1.98. The van der Waals surface area contributed by atoms with Gasteiger partial charge in [0, 0.05) is 19.7 Å². The molecule has 0 aromatic carbocycles. The number of ether oxygens (including phenoxy) is 1. The van der Waals surface area contributed by atoms with Crippen molar-refractivity contribution in [2.45, 2.75) is 25.8 Å². The van der Waals surface area contributed by atoms with Crippen LogP contribution in [0.5, 0.6) is 0 Å². The third-order valence-corrected chi connectivity index (χ3v) is 2.56. The smallest absolute Gasteiger partial charge is 0.166 e. The van der Waals surface area contributed by atoms with E-state index in [1.54, 1.807) is 7.11 Å². The number of thiocarbonyl (C=S) groups is 1. The van der Waals surface area contributed by atoms with Crippen molar-refractivity contribution in [3.05, 3.63) is 0 Å². The average molecular weight is 202 g/mol. The lowest BCUT2D eigenvalue weighted by Crippen LogP contribution is -2.48. The van der Waals surface area contributed by atoms with Crippen molar-refractivity contribution in [2.24, 2.45) is 5.92 Å². The molecule has 0 amide bonds. The van der Waals surface area contributed by atoms with E-state index in [9.17, 15) is 0 Å². The molecule has 0 spiro atoms. The van der Waals surface area contributed by atoms with E-state index in [1.807, 2.05) is 0 Å². The fourth-order valence-electron chi connectivity index (χ4n) is 1.52. The SMILES string of the molecule is COCCNC(=S)NC1CC(C)C1. The third kappa shape index (κ3) is 3.91. The minimum Gasteiger partial charge on any atom is -0.383 e. The molecule has 0 saturated heterocycles. The Morgan fingerprint density at radius 3 is 2.77 bits per heavy atom. The lowest BCUT2D eigenvalue weighted by atomic mass is 9.82. The lowest BCUT2D eigenvalue weighted by Gasteiger charge is -2.34. The molecule has 13 heavy (non-hydrogen) atoms. The summed E-state index contributed by atoms with van der Waals surface area (Å²) < 4.78 is 4.90. The van der Waals surface area contributed by atoms with E-state index in [0.29, 0.717) is 12.6 Å². The zero-order chi connectivity index (χ0) is 9.68. The first-order chi connectivity index (χ1) is 6.22. The number of methoxy groups -OCH3 is 1. The van der Waals surface area contributed by atoms with Crippen LogP contribution in [-0.2, 0) is 4.74 Å². The third-order valence-electron chi connectivity index (χ3n) is 2.30. The molecule has 0 aliphatic heterocycles. The van der Waals surface area contributed by atoms with Crippen LogP contribution in [0.1, 0.15) is 19.8 Å². The fourth-order valence-corrected chi connectivity index (χ4v) is 1.79. The van der Waals surface area contributed by atoms with Crippen molar-refractivity contribution in [2.75, 3.05) is 20.3 Å². The summed E-state index contributed by atoms with van der Waals surface area (Å²) in [6.07, 6.45) is 2.48. The Morgan fingerprint density at radius 2 is 2.23 bits per heavy atom. The van der Waals surface area contributed by atoms with Gasteiger partial charge in [-0.25, -0.2) is 0 Å². The van der Waals surface area contributed by atoms with E-state index in [2.05, 4.69) is 17.6 Å². The predicted octanol–water partition coefficient (Wildman–Crippen LogP) is 0.895. The summed E-state index contributed by atoms with van der Waals surface area (Å²) in [6.45, 7) is 3.74. The molecule has 0 atom stereocenters. The molecule has 1 saturated carbocycles. The minimum absolute atomic E-state index is 0.595. The van der Waals surface area contributed by atoms with E-state index in [4.69, 9.17) is 17.0 Å². The molecule has 0 aromatic heterocycles. The second-order valence-corrected chi connectivity index (χ2v) is 4.07. The first kappa shape index (κ1) is 10.7. The van der Waals surface area contributed by atoms with E-state index >= 15 is 0 Å². The maximum absolute atomic E-state index is 5.10. The largest absolute Gasteiger partial charge is 0.383 e. The van der Waals surface area contributed by atoms with Crippen LogP contribution in [0.4, 0.5) is 0 Å². The predicted molar refractivity (Wildman–Crippen MR) is 57.8 cm³/mol. The van der Waals surface area contributed by atoms with E-state index in [0.717, 1.165) is 17.6 Å². The van der Waals surface area contributed by atoms with Gasteiger partial charge < -0.3 is 15.4 Å². The summed E-state index contributed by atoms with van der Waals surface area (Å²) in [7, 11) is 1.69. The molecular weight excluding hydrogens is 184 g/mol. The second kappa shape index (κ2) is 5.40. The Morgan fingerprint density at radius 1 is 1.54 bits per heavy atom. The highest BCUT2D eigenvalue weighted by Crippen LogP contribution is 2.25. The van der Waals surface area contributed by atoms with Crippen molar-refractivity contribution < 1.29 is 4.74 Å². The first-order valence-electron chi connectivity index (χ1n) is 4.75. The summed E-state index contributed by atoms with van der Waals surface area (Å²) in [5.74, 6) is 0.860. The molecule has 2 N–H and O–H groups in total. The lowest BCUT2D eigenvalue weighted by molar-refractivity contribution is 0.203. The number of hydrogen-bond acceptors (Lipinski definition) is 2.